The first-order chi connectivity index (χ1) is 11.4. The van der Waals surface area contributed by atoms with Gasteiger partial charge in [0.2, 0.25) is 0 Å². The van der Waals surface area contributed by atoms with Crippen LogP contribution in [0, 0.1) is 0 Å². The van der Waals surface area contributed by atoms with Crippen LogP contribution in [-0.4, -0.2) is 32.0 Å². The Morgan fingerprint density at radius 2 is 1.58 bits per heavy atom. The second-order valence-corrected chi connectivity index (χ2v) is 8.12. The molecule has 0 heterocycles. The van der Waals surface area contributed by atoms with Crippen LogP contribution >= 0.6 is 0 Å². The first-order valence-corrected chi connectivity index (χ1v) is 10.0. The van der Waals surface area contributed by atoms with E-state index >= 15 is 0 Å². The molecule has 0 aliphatic heterocycles. The van der Waals surface area contributed by atoms with Crippen LogP contribution < -0.4 is 0 Å². The molecule has 4 nitrogen and oxygen atoms in total. The van der Waals surface area contributed by atoms with E-state index in [0.717, 1.165) is 12.0 Å². The smallest absolute Gasteiger partial charge is 0.254 e. The van der Waals surface area contributed by atoms with Gasteiger partial charge in [0.25, 0.3) is 5.91 Å². The van der Waals surface area contributed by atoms with Gasteiger partial charge in [-0.3, -0.25) is 4.79 Å². The first kappa shape index (κ1) is 18.2. The third-order valence-electron chi connectivity index (χ3n) is 3.63. The van der Waals surface area contributed by atoms with Gasteiger partial charge >= 0.3 is 0 Å². The van der Waals surface area contributed by atoms with Crippen molar-refractivity contribution in [1.29, 1.82) is 0 Å². The van der Waals surface area contributed by atoms with E-state index in [9.17, 15) is 13.2 Å². The van der Waals surface area contributed by atoms with Crippen molar-refractivity contribution < 1.29 is 13.2 Å². The molecule has 0 atom stereocenters. The fourth-order valence-corrected chi connectivity index (χ4v) is 3.35. The van der Waals surface area contributed by atoms with E-state index in [-0.39, 0.29) is 11.7 Å². The number of hydrogen-bond acceptors (Lipinski definition) is 3. The normalized spacial score (nSPS) is 11.2. The van der Waals surface area contributed by atoms with Gasteiger partial charge in [-0.05, 0) is 29.7 Å². The molecular weight excluding hydrogens is 322 g/mol. The molecule has 0 saturated carbocycles. The Morgan fingerprint density at radius 3 is 2.12 bits per heavy atom. The predicted octanol–water partition coefficient (Wildman–Crippen LogP) is 3.28. The van der Waals surface area contributed by atoms with Gasteiger partial charge < -0.3 is 4.90 Å². The lowest BCUT2D eigenvalue weighted by Gasteiger charge is -2.22. The van der Waals surface area contributed by atoms with Crippen molar-refractivity contribution in [2.24, 2.45) is 0 Å². The second kappa shape index (κ2) is 8.11. The zero-order chi connectivity index (χ0) is 17.6. The molecule has 0 spiro atoms. The summed E-state index contributed by atoms with van der Waals surface area (Å²) in [5, 5.41) is 0. The van der Waals surface area contributed by atoms with Gasteiger partial charge in [-0.1, -0.05) is 49.4 Å². The maximum Gasteiger partial charge on any atom is 0.254 e. The molecule has 2 rings (SSSR count). The zero-order valence-corrected chi connectivity index (χ0v) is 14.9. The van der Waals surface area contributed by atoms with Gasteiger partial charge in [-0.15, -0.1) is 0 Å². The van der Waals surface area contributed by atoms with E-state index in [1.54, 1.807) is 24.3 Å². The number of rotatable bonds is 7. The summed E-state index contributed by atoms with van der Waals surface area (Å²) in [6.07, 6.45) is 2.08. The van der Waals surface area contributed by atoms with Gasteiger partial charge in [0.05, 0.1) is 5.75 Å². The molecule has 2 aromatic rings. The Bertz CT molecular complexity index is 768. The topological polar surface area (TPSA) is 54.5 Å². The largest absolute Gasteiger partial charge is 0.334 e. The van der Waals surface area contributed by atoms with Crippen molar-refractivity contribution in [1.82, 2.24) is 4.90 Å². The fraction of sp³-hybridized carbons (Fsp3) is 0.316. The number of carbonyl (C=O) groups is 1. The summed E-state index contributed by atoms with van der Waals surface area (Å²) in [6, 6.07) is 16.7. The summed E-state index contributed by atoms with van der Waals surface area (Å²) in [6.45, 7) is 3.29. The van der Waals surface area contributed by atoms with Crippen molar-refractivity contribution in [2.45, 2.75) is 25.6 Å². The number of hydrogen-bond donors (Lipinski definition) is 0. The molecule has 0 aromatic heterocycles. The molecule has 0 bridgehead atoms. The minimum absolute atomic E-state index is 0.00976. The lowest BCUT2D eigenvalue weighted by Crippen LogP contribution is -2.31. The summed E-state index contributed by atoms with van der Waals surface area (Å²) < 4.78 is 22.7. The number of amides is 1. The van der Waals surface area contributed by atoms with E-state index in [4.69, 9.17) is 0 Å². The average molecular weight is 345 g/mol. The molecule has 5 heteroatoms. The third kappa shape index (κ3) is 5.49. The fourth-order valence-electron chi connectivity index (χ4n) is 2.56. The number of benzene rings is 2. The molecule has 0 fully saturated rings. The van der Waals surface area contributed by atoms with E-state index in [2.05, 4.69) is 0 Å². The van der Waals surface area contributed by atoms with E-state index in [1.165, 1.54) is 6.26 Å². The third-order valence-corrected chi connectivity index (χ3v) is 4.48. The van der Waals surface area contributed by atoms with Crippen LogP contribution in [0.5, 0.6) is 0 Å². The predicted molar refractivity (Wildman–Crippen MR) is 96.5 cm³/mol. The molecule has 0 saturated heterocycles. The molecule has 0 radical (unpaired) electrons. The van der Waals surface area contributed by atoms with Crippen LogP contribution in [0.4, 0.5) is 0 Å². The summed E-state index contributed by atoms with van der Waals surface area (Å²) in [7, 11) is -3.07. The van der Waals surface area contributed by atoms with Gasteiger partial charge in [0.15, 0.2) is 9.84 Å². The van der Waals surface area contributed by atoms with Crippen LogP contribution in [0.3, 0.4) is 0 Å². The highest BCUT2D eigenvalue weighted by molar-refractivity contribution is 7.89. The highest BCUT2D eigenvalue weighted by Gasteiger charge is 2.15. The number of carbonyl (C=O) groups excluding carboxylic acids is 1. The summed E-state index contributed by atoms with van der Waals surface area (Å²) in [4.78, 5) is 14.6. The minimum atomic E-state index is -3.07. The average Bonchev–Trinajstić information content (AvgIpc) is 2.54. The van der Waals surface area contributed by atoms with Gasteiger partial charge in [-0.2, -0.15) is 0 Å². The van der Waals surface area contributed by atoms with E-state index < -0.39 is 9.84 Å². The Kier molecular flexibility index (Phi) is 6.15. The molecule has 128 valence electrons. The molecule has 0 N–H and O–H groups in total. The van der Waals surface area contributed by atoms with Gasteiger partial charge in [-0.25, -0.2) is 8.42 Å². The van der Waals surface area contributed by atoms with Crippen molar-refractivity contribution in [3.63, 3.8) is 0 Å². The maximum atomic E-state index is 12.7. The van der Waals surface area contributed by atoms with Crippen LogP contribution in [0.15, 0.2) is 54.6 Å². The van der Waals surface area contributed by atoms with Crippen LogP contribution in [0.1, 0.15) is 34.8 Å². The molecule has 0 aliphatic carbocycles. The van der Waals surface area contributed by atoms with E-state index in [1.807, 2.05) is 42.2 Å². The minimum Gasteiger partial charge on any atom is -0.334 e. The second-order valence-electron chi connectivity index (χ2n) is 5.98. The zero-order valence-electron chi connectivity index (χ0n) is 14.1. The van der Waals surface area contributed by atoms with Crippen molar-refractivity contribution in [2.75, 3.05) is 12.8 Å². The first-order valence-electron chi connectivity index (χ1n) is 7.99. The van der Waals surface area contributed by atoms with Crippen LogP contribution in [-0.2, 0) is 22.1 Å². The Labute approximate surface area is 144 Å². The lowest BCUT2D eigenvalue weighted by atomic mass is 10.1. The van der Waals surface area contributed by atoms with E-state index in [0.29, 0.717) is 24.2 Å². The maximum absolute atomic E-state index is 12.7. The van der Waals surface area contributed by atoms with Crippen molar-refractivity contribution in [3.8, 4) is 0 Å². The Balaban J connectivity index is 2.14. The van der Waals surface area contributed by atoms with Crippen molar-refractivity contribution >= 4 is 15.7 Å². The molecule has 0 unspecified atom stereocenters. The SMILES string of the molecule is CCCN(Cc1ccccc1)C(=O)c1ccc(CS(C)(=O)=O)cc1. The van der Waals surface area contributed by atoms with Gasteiger partial charge in [0, 0.05) is 24.9 Å². The molecule has 0 aliphatic rings. The quantitative estimate of drug-likeness (QED) is 0.774. The molecule has 1 amide bonds. The van der Waals surface area contributed by atoms with Crippen molar-refractivity contribution in [3.05, 3.63) is 71.3 Å². The number of nitrogens with zero attached hydrogens (tertiary/aromatic N) is 1. The highest BCUT2D eigenvalue weighted by Crippen LogP contribution is 2.13. The standard InChI is InChI=1S/C19H23NO3S/c1-3-13-20(14-16-7-5-4-6-8-16)19(21)18-11-9-17(10-12-18)15-24(2,22)23/h4-12H,3,13-15H2,1-2H3. The number of sulfone groups is 1. The van der Waals surface area contributed by atoms with Gasteiger partial charge in [0.1, 0.15) is 0 Å². The lowest BCUT2D eigenvalue weighted by molar-refractivity contribution is 0.0743. The van der Waals surface area contributed by atoms with Crippen LogP contribution in [0.25, 0.3) is 0 Å². The summed E-state index contributed by atoms with van der Waals surface area (Å²) in [5.41, 5.74) is 2.36. The summed E-state index contributed by atoms with van der Waals surface area (Å²) in [5.74, 6) is -0.0453. The Hall–Kier alpha value is -2.14. The molecule has 2 aromatic carbocycles. The van der Waals surface area contributed by atoms with Crippen LogP contribution in [0.2, 0.25) is 0 Å². The highest BCUT2D eigenvalue weighted by atomic mass is 32.2. The summed E-state index contributed by atoms with van der Waals surface area (Å²) >= 11 is 0. The Morgan fingerprint density at radius 1 is 0.958 bits per heavy atom. The monoisotopic (exact) mass is 345 g/mol. The molecular formula is C19H23NO3S. The molecule has 24 heavy (non-hydrogen) atoms.